The molecule has 0 bridgehead atoms. The van der Waals surface area contributed by atoms with E-state index in [2.05, 4.69) is 36.5 Å². The van der Waals surface area contributed by atoms with Crippen LogP contribution in [0.3, 0.4) is 0 Å². The molecule has 1 heterocycles. The van der Waals surface area contributed by atoms with E-state index in [1.54, 1.807) is 0 Å². The van der Waals surface area contributed by atoms with Crippen molar-refractivity contribution in [3.05, 3.63) is 55.7 Å². The van der Waals surface area contributed by atoms with Crippen molar-refractivity contribution in [2.75, 3.05) is 6.54 Å². The Morgan fingerprint density at radius 1 is 1.37 bits per heavy atom. The van der Waals surface area contributed by atoms with E-state index in [0.717, 1.165) is 20.8 Å². The minimum Gasteiger partial charge on any atom is -0.309 e. The number of thiophene rings is 1. The predicted octanol–water partition coefficient (Wildman–Crippen LogP) is 5.05. The van der Waals surface area contributed by atoms with Gasteiger partial charge in [0.1, 0.15) is 0 Å². The van der Waals surface area contributed by atoms with Crippen LogP contribution in [-0.2, 0) is 6.42 Å². The minimum atomic E-state index is 0.240. The average Bonchev–Trinajstić information content (AvgIpc) is 2.69. The van der Waals surface area contributed by atoms with E-state index in [0.29, 0.717) is 5.92 Å². The van der Waals surface area contributed by atoms with E-state index < -0.39 is 0 Å². The second kappa shape index (κ2) is 5.45. The van der Waals surface area contributed by atoms with Gasteiger partial charge in [0.15, 0.2) is 0 Å². The van der Waals surface area contributed by atoms with Gasteiger partial charge >= 0.3 is 0 Å². The highest BCUT2D eigenvalue weighted by atomic mass is 35.5. The maximum absolute atomic E-state index is 6.18. The Kier molecular flexibility index (Phi) is 3.86. The molecule has 19 heavy (non-hydrogen) atoms. The Bertz CT molecular complexity index is 594. The zero-order chi connectivity index (χ0) is 13.4. The molecule has 4 heteroatoms. The van der Waals surface area contributed by atoms with Crippen LogP contribution in [0.2, 0.25) is 8.67 Å². The van der Waals surface area contributed by atoms with Crippen LogP contribution in [0.1, 0.15) is 35.6 Å². The van der Waals surface area contributed by atoms with Crippen molar-refractivity contribution in [1.29, 1.82) is 0 Å². The van der Waals surface area contributed by atoms with E-state index in [1.165, 1.54) is 28.9 Å². The van der Waals surface area contributed by atoms with Gasteiger partial charge in [0, 0.05) is 18.5 Å². The van der Waals surface area contributed by atoms with Crippen molar-refractivity contribution in [1.82, 2.24) is 5.32 Å². The summed E-state index contributed by atoms with van der Waals surface area (Å²) in [5.74, 6) is 0.631. The maximum Gasteiger partial charge on any atom is 0.0991 e. The first-order valence-corrected chi connectivity index (χ1v) is 7.98. The maximum atomic E-state index is 6.18. The van der Waals surface area contributed by atoms with Crippen LogP contribution >= 0.6 is 34.5 Å². The standard InChI is InChI=1S/C15H15Cl2NS/c1-9(13-7-14(16)19-15(13)17)18-8-11-6-10-4-2-3-5-12(10)11/h2-5,7,9,11,18H,6,8H2,1H3. The zero-order valence-electron chi connectivity index (χ0n) is 10.6. The summed E-state index contributed by atoms with van der Waals surface area (Å²) in [6.45, 7) is 3.12. The number of hydrogen-bond donors (Lipinski definition) is 1. The summed E-state index contributed by atoms with van der Waals surface area (Å²) in [7, 11) is 0. The van der Waals surface area contributed by atoms with Gasteiger partial charge in [-0.05, 0) is 36.1 Å². The Morgan fingerprint density at radius 2 is 2.16 bits per heavy atom. The van der Waals surface area contributed by atoms with Gasteiger partial charge in [0.2, 0.25) is 0 Å². The van der Waals surface area contributed by atoms with Gasteiger partial charge in [-0.3, -0.25) is 0 Å². The van der Waals surface area contributed by atoms with Gasteiger partial charge in [-0.15, -0.1) is 11.3 Å². The van der Waals surface area contributed by atoms with Crippen molar-refractivity contribution in [3.8, 4) is 0 Å². The molecule has 100 valence electrons. The summed E-state index contributed by atoms with van der Waals surface area (Å²) in [6, 6.07) is 10.9. The third kappa shape index (κ3) is 2.68. The minimum absolute atomic E-state index is 0.240. The largest absolute Gasteiger partial charge is 0.309 e. The lowest BCUT2D eigenvalue weighted by Gasteiger charge is -2.31. The molecule has 0 radical (unpaired) electrons. The lowest BCUT2D eigenvalue weighted by atomic mass is 9.77. The predicted molar refractivity (Wildman–Crippen MR) is 83.6 cm³/mol. The Labute approximate surface area is 127 Å². The summed E-state index contributed by atoms with van der Waals surface area (Å²) in [6.07, 6.45) is 1.17. The lowest BCUT2D eigenvalue weighted by Crippen LogP contribution is -2.30. The molecule has 1 aromatic carbocycles. The molecule has 1 aliphatic rings. The van der Waals surface area contributed by atoms with Crippen LogP contribution in [0, 0.1) is 0 Å². The normalized spacial score (nSPS) is 18.8. The monoisotopic (exact) mass is 311 g/mol. The zero-order valence-corrected chi connectivity index (χ0v) is 12.9. The molecular weight excluding hydrogens is 297 g/mol. The summed E-state index contributed by atoms with van der Waals surface area (Å²) in [5.41, 5.74) is 4.07. The summed E-state index contributed by atoms with van der Waals surface area (Å²) < 4.78 is 1.54. The van der Waals surface area contributed by atoms with Crippen molar-refractivity contribution in [2.45, 2.75) is 25.3 Å². The van der Waals surface area contributed by atoms with Crippen LogP contribution in [0.25, 0.3) is 0 Å². The van der Waals surface area contributed by atoms with Gasteiger partial charge < -0.3 is 5.32 Å². The first-order valence-electron chi connectivity index (χ1n) is 6.41. The second-order valence-corrected chi connectivity index (χ2v) is 7.29. The highest BCUT2D eigenvalue weighted by Crippen LogP contribution is 2.37. The molecule has 2 aromatic rings. The third-order valence-corrected chi connectivity index (χ3v) is 5.30. The fourth-order valence-corrected chi connectivity index (χ4v) is 4.27. The molecule has 3 rings (SSSR count). The molecular formula is C15H15Cl2NS. The van der Waals surface area contributed by atoms with Crippen LogP contribution < -0.4 is 5.32 Å². The van der Waals surface area contributed by atoms with E-state index in [9.17, 15) is 0 Å². The molecule has 1 aromatic heterocycles. The Morgan fingerprint density at radius 3 is 2.84 bits per heavy atom. The number of benzene rings is 1. The SMILES string of the molecule is CC(NCC1Cc2ccccc21)c1cc(Cl)sc1Cl. The first kappa shape index (κ1) is 13.4. The molecule has 2 atom stereocenters. The lowest BCUT2D eigenvalue weighted by molar-refractivity contribution is 0.490. The smallest absolute Gasteiger partial charge is 0.0991 e. The van der Waals surface area contributed by atoms with Gasteiger partial charge in [0.05, 0.1) is 8.67 Å². The van der Waals surface area contributed by atoms with Crippen molar-refractivity contribution in [3.63, 3.8) is 0 Å². The van der Waals surface area contributed by atoms with Gasteiger partial charge in [0.25, 0.3) is 0 Å². The number of rotatable bonds is 4. The van der Waals surface area contributed by atoms with E-state index in [1.807, 2.05) is 6.07 Å². The fourth-order valence-electron chi connectivity index (χ4n) is 2.62. The fraction of sp³-hybridized carbons (Fsp3) is 0.333. The number of halogens is 2. The van der Waals surface area contributed by atoms with Crippen LogP contribution in [-0.4, -0.2) is 6.54 Å². The van der Waals surface area contributed by atoms with Gasteiger partial charge in [-0.2, -0.15) is 0 Å². The summed E-state index contributed by atoms with van der Waals surface area (Å²) in [4.78, 5) is 0. The third-order valence-electron chi connectivity index (χ3n) is 3.78. The molecule has 1 N–H and O–H groups in total. The molecule has 2 unspecified atom stereocenters. The molecule has 0 fully saturated rings. The molecule has 0 saturated carbocycles. The molecule has 0 amide bonds. The second-order valence-electron chi connectivity index (χ2n) is 5.01. The van der Waals surface area contributed by atoms with E-state index in [-0.39, 0.29) is 6.04 Å². The highest BCUT2D eigenvalue weighted by Gasteiger charge is 2.25. The Hall–Kier alpha value is -0.540. The Balaban J connectivity index is 1.61. The molecule has 0 aliphatic heterocycles. The van der Waals surface area contributed by atoms with Crippen molar-refractivity contribution < 1.29 is 0 Å². The van der Waals surface area contributed by atoms with Crippen LogP contribution in [0.15, 0.2) is 30.3 Å². The van der Waals surface area contributed by atoms with Gasteiger partial charge in [-0.25, -0.2) is 0 Å². The van der Waals surface area contributed by atoms with Crippen LogP contribution in [0.5, 0.6) is 0 Å². The van der Waals surface area contributed by atoms with Crippen LogP contribution in [0.4, 0.5) is 0 Å². The number of hydrogen-bond acceptors (Lipinski definition) is 2. The molecule has 0 spiro atoms. The first-order chi connectivity index (χ1) is 9.15. The van der Waals surface area contributed by atoms with Crippen molar-refractivity contribution in [2.24, 2.45) is 0 Å². The topological polar surface area (TPSA) is 12.0 Å². The molecule has 1 nitrogen and oxygen atoms in total. The number of nitrogens with one attached hydrogen (secondary N) is 1. The van der Waals surface area contributed by atoms with E-state index >= 15 is 0 Å². The van der Waals surface area contributed by atoms with Crippen molar-refractivity contribution >= 4 is 34.5 Å². The molecule has 0 saturated heterocycles. The summed E-state index contributed by atoms with van der Waals surface area (Å²) in [5, 5.41) is 3.56. The average molecular weight is 312 g/mol. The summed E-state index contributed by atoms with van der Waals surface area (Å²) >= 11 is 13.6. The highest BCUT2D eigenvalue weighted by molar-refractivity contribution is 7.20. The quantitative estimate of drug-likeness (QED) is 0.833. The van der Waals surface area contributed by atoms with Gasteiger partial charge in [-0.1, -0.05) is 47.5 Å². The molecule has 1 aliphatic carbocycles. The van der Waals surface area contributed by atoms with E-state index in [4.69, 9.17) is 23.2 Å². The number of fused-ring (bicyclic) bond motifs is 1.